The lowest BCUT2D eigenvalue weighted by atomic mass is 9.81. The normalized spacial score (nSPS) is 16.2. The van der Waals surface area contributed by atoms with E-state index in [9.17, 15) is 4.79 Å². The van der Waals surface area contributed by atoms with E-state index in [4.69, 9.17) is 16.0 Å². The minimum atomic E-state index is -0.220. The molecule has 0 N–H and O–H groups in total. The largest absolute Gasteiger partial charge is 0.425 e. The zero-order valence-electron chi connectivity index (χ0n) is 15.0. The van der Waals surface area contributed by atoms with Crippen molar-refractivity contribution in [1.29, 1.82) is 0 Å². The number of aryl methyl sites for hydroxylation is 1. The van der Waals surface area contributed by atoms with Crippen molar-refractivity contribution in [2.75, 3.05) is 13.1 Å². The Morgan fingerprint density at radius 2 is 1.88 bits per heavy atom. The first kappa shape index (κ1) is 17.9. The molecule has 1 aliphatic heterocycles. The monoisotopic (exact) mass is 361 g/mol. The molecule has 0 radical (unpaired) electrons. The highest BCUT2D eigenvalue weighted by molar-refractivity contribution is 6.30. The van der Waals surface area contributed by atoms with Gasteiger partial charge < -0.3 is 9.32 Å². The number of amides is 1. The van der Waals surface area contributed by atoms with Gasteiger partial charge in [0.1, 0.15) is 0 Å². The molecule has 1 aromatic heterocycles. The predicted octanol–water partition coefficient (Wildman–Crippen LogP) is 4.11. The zero-order valence-corrected chi connectivity index (χ0v) is 15.7. The molecule has 0 unspecified atom stereocenters. The Bertz CT molecular complexity index is 731. The van der Waals surface area contributed by atoms with Gasteiger partial charge in [0.15, 0.2) is 0 Å². The molecule has 0 atom stereocenters. The summed E-state index contributed by atoms with van der Waals surface area (Å²) < 4.78 is 5.53. The average molecular weight is 362 g/mol. The molecule has 1 aliphatic rings. The van der Waals surface area contributed by atoms with E-state index in [0.29, 0.717) is 23.2 Å². The van der Waals surface area contributed by atoms with Gasteiger partial charge in [0.05, 0.1) is 0 Å². The maximum Gasteiger partial charge on any atom is 0.223 e. The second kappa shape index (κ2) is 7.16. The molecule has 0 aliphatic carbocycles. The van der Waals surface area contributed by atoms with Gasteiger partial charge in [-0.3, -0.25) is 4.79 Å². The van der Waals surface area contributed by atoms with Crippen LogP contribution in [-0.4, -0.2) is 34.1 Å². The van der Waals surface area contributed by atoms with Crippen LogP contribution in [0.4, 0.5) is 0 Å². The first-order chi connectivity index (χ1) is 11.8. The summed E-state index contributed by atoms with van der Waals surface area (Å²) in [5, 5.41) is 8.72. The Morgan fingerprint density at radius 3 is 2.44 bits per heavy atom. The maximum atomic E-state index is 12.7. The van der Waals surface area contributed by atoms with Crippen LogP contribution in [0.25, 0.3) is 0 Å². The molecule has 25 heavy (non-hydrogen) atoms. The lowest BCUT2D eigenvalue weighted by Crippen LogP contribution is -2.40. The van der Waals surface area contributed by atoms with Crippen molar-refractivity contribution in [3.8, 4) is 0 Å². The summed E-state index contributed by atoms with van der Waals surface area (Å²) in [6.45, 7) is 7.47. The molecule has 2 aromatic rings. The molecule has 5 nitrogen and oxygen atoms in total. The fourth-order valence-electron chi connectivity index (χ4n) is 3.35. The third-order valence-electron chi connectivity index (χ3n) is 4.96. The molecule has 3 rings (SSSR count). The molecular weight excluding hydrogens is 338 g/mol. The van der Waals surface area contributed by atoms with Crippen molar-refractivity contribution in [1.82, 2.24) is 15.1 Å². The van der Waals surface area contributed by atoms with Crippen molar-refractivity contribution >= 4 is 17.5 Å². The summed E-state index contributed by atoms with van der Waals surface area (Å²) >= 11 is 5.96. The summed E-state index contributed by atoms with van der Waals surface area (Å²) in [6, 6.07) is 7.75. The van der Waals surface area contributed by atoms with Gasteiger partial charge in [-0.05, 0) is 36.0 Å². The first-order valence-electron chi connectivity index (χ1n) is 8.69. The molecule has 1 fully saturated rings. The highest BCUT2D eigenvalue weighted by Crippen LogP contribution is 2.31. The number of carbonyl (C=O) groups is 1. The average Bonchev–Trinajstić information content (AvgIpc) is 3.01. The summed E-state index contributed by atoms with van der Waals surface area (Å²) in [4.78, 5) is 14.7. The van der Waals surface area contributed by atoms with Crippen LogP contribution in [0.1, 0.15) is 56.4 Å². The number of benzene rings is 1. The van der Waals surface area contributed by atoms with E-state index in [1.165, 1.54) is 0 Å². The molecule has 0 bridgehead atoms. The van der Waals surface area contributed by atoms with E-state index in [2.05, 4.69) is 24.0 Å². The highest BCUT2D eigenvalue weighted by Gasteiger charge is 2.31. The van der Waals surface area contributed by atoms with Gasteiger partial charge in [-0.15, -0.1) is 10.2 Å². The van der Waals surface area contributed by atoms with Crippen LogP contribution < -0.4 is 0 Å². The van der Waals surface area contributed by atoms with Crippen LogP contribution >= 0.6 is 11.6 Å². The van der Waals surface area contributed by atoms with Crippen LogP contribution in [0.15, 0.2) is 28.7 Å². The minimum Gasteiger partial charge on any atom is -0.425 e. The lowest BCUT2D eigenvalue weighted by Gasteiger charge is -2.33. The summed E-state index contributed by atoms with van der Waals surface area (Å²) in [7, 11) is 0. The summed E-state index contributed by atoms with van der Waals surface area (Å²) in [5.74, 6) is 1.75. The number of aromatic nitrogens is 2. The molecule has 0 saturated carbocycles. The van der Waals surface area contributed by atoms with Crippen molar-refractivity contribution < 1.29 is 9.21 Å². The predicted molar refractivity (Wildman–Crippen MR) is 96.7 cm³/mol. The third kappa shape index (κ3) is 4.21. The molecule has 1 aromatic carbocycles. The van der Waals surface area contributed by atoms with E-state index >= 15 is 0 Å². The topological polar surface area (TPSA) is 59.2 Å². The quantitative estimate of drug-likeness (QED) is 0.822. The number of hydrogen-bond donors (Lipinski definition) is 0. The van der Waals surface area contributed by atoms with Crippen molar-refractivity contribution in [3.63, 3.8) is 0 Å². The molecular formula is C19H24ClN3O2. The Labute approximate surface area is 153 Å². The second-order valence-electron chi connectivity index (χ2n) is 7.38. The van der Waals surface area contributed by atoms with E-state index in [0.717, 1.165) is 31.5 Å². The standard InChI is InChI=1S/C19H24ClN3O2/c1-13-21-22-18(25-13)14-8-10-23(11-9-14)17(24)12-19(2,3)15-4-6-16(20)7-5-15/h4-7,14H,8-12H2,1-3H3. The Balaban J connectivity index is 1.58. The Morgan fingerprint density at radius 1 is 1.24 bits per heavy atom. The van der Waals surface area contributed by atoms with Crippen molar-refractivity contribution in [2.24, 2.45) is 0 Å². The smallest absolute Gasteiger partial charge is 0.223 e. The van der Waals surface area contributed by atoms with Crippen molar-refractivity contribution in [2.45, 2.75) is 51.4 Å². The first-order valence-corrected chi connectivity index (χ1v) is 9.07. The molecule has 134 valence electrons. The van der Waals surface area contributed by atoms with E-state index in [-0.39, 0.29) is 17.2 Å². The fraction of sp³-hybridized carbons (Fsp3) is 0.526. The van der Waals surface area contributed by atoms with Gasteiger partial charge in [-0.2, -0.15) is 0 Å². The van der Waals surface area contributed by atoms with Crippen LogP contribution in [0.2, 0.25) is 5.02 Å². The van der Waals surface area contributed by atoms with Gasteiger partial charge in [-0.1, -0.05) is 37.6 Å². The number of nitrogens with zero attached hydrogens (tertiary/aromatic N) is 3. The molecule has 2 heterocycles. The number of carbonyl (C=O) groups excluding carboxylic acids is 1. The van der Waals surface area contributed by atoms with Gasteiger partial charge in [-0.25, -0.2) is 0 Å². The maximum absolute atomic E-state index is 12.7. The third-order valence-corrected chi connectivity index (χ3v) is 5.21. The van der Waals surface area contributed by atoms with E-state index < -0.39 is 0 Å². The van der Waals surface area contributed by atoms with E-state index in [1.807, 2.05) is 29.2 Å². The number of rotatable bonds is 4. The van der Waals surface area contributed by atoms with Gasteiger partial charge in [0.2, 0.25) is 17.7 Å². The summed E-state index contributed by atoms with van der Waals surface area (Å²) in [5.41, 5.74) is 0.906. The fourth-order valence-corrected chi connectivity index (χ4v) is 3.47. The Hall–Kier alpha value is -1.88. The Kier molecular flexibility index (Phi) is 5.13. The van der Waals surface area contributed by atoms with E-state index in [1.54, 1.807) is 6.92 Å². The summed E-state index contributed by atoms with van der Waals surface area (Å²) in [6.07, 6.45) is 2.22. The molecule has 1 saturated heterocycles. The zero-order chi connectivity index (χ0) is 18.0. The number of piperidine rings is 1. The van der Waals surface area contributed by atoms with Crippen LogP contribution in [-0.2, 0) is 10.2 Å². The molecule has 0 spiro atoms. The van der Waals surface area contributed by atoms with Crippen LogP contribution in [0, 0.1) is 6.92 Å². The number of hydrogen-bond acceptors (Lipinski definition) is 4. The second-order valence-corrected chi connectivity index (χ2v) is 7.82. The van der Waals surface area contributed by atoms with Crippen LogP contribution in [0.5, 0.6) is 0 Å². The van der Waals surface area contributed by atoms with Gasteiger partial charge in [0.25, 0.3) is 0 Å². The number of likely N-dealkylation sites (tertiary alicyclic amines) is 1. The highest BCUT2D eigenvalue weighted by atomic mass is 35.5. The minimum absolute atomic E-state index is 0.195. The molecule has 6 heteroatoms. The van der Waals surface area contributed by atoms with Gasteiger partial charge >= 0.3 is 0 Å². The van der Waals surface area contributed by atoms with Gasteiger partial charge in [0, 0.05) is 37.4 Å². The van der Waals surface area contributed by atoms with Crippen LogP contribution in [0.3, 0.4) is 0 Å². The SMILES string of the molecule is Cc1nnc(C2CCN(C(=O)CC(C)(C)c3ccc(Cl)cc3)CC2)o1. The van der Waals surface area contributed by atoms with Crippen molar-refractivity contribution in [3.05, 3.63) is 46.6 Å². The number of halogens is 1. The molecule has 1 amide bonds. The lowest BCUT2D eigenvalue weighted by molar-refractivity contribution is -0.133.